The molecule has 0 spiro atoms. The highest BCUT2D eigenvalue weighted by atomic mass is 32.2. The molecule has 12 nitrogen and oxygen atoms in total. The molecular formula is C20H33N7O5S. The first-order valence-corrected chi connectivity index (χ1v) is 12.4. The second-order valence-corrected chi connectivity index (χ2v) is 10.6. The molecule has 1 N–H and O–H groups in total. The topological polar surface area (TPSA) is 136 Å². The van der Waals surface area contributed by atoms with Crippen molar-refractivity contribution in [3.8, 4) is 0 Å². The molecule has 0 radical (unpaired) electrons. The van der Waals surface area contributed by atoms with Crippen LogP contribution < -0.4 is 0 Å². The minimum Gasteiger partial charge on any atom is -0.394 e. The molecule has 0 aromatic carbocycles. The van der Waals surface area contributed by atoms with Crippen LogP contribution >= 0.6 is 0 Å². The van der Waals surface area contributed by atoms with E-state index in [1.165, 1.54) is 23.9 Å². The van der Waals surface area contributed by atoms with Crippen LogP contribution in [0.4, 0.5) is 0 Å². The van der Waals surface area contributed by atoms with Gasteiger partial charge in [0.05, 0.1) is 43.6 Å². The molecule has 0 unspecified atom stereocenters. The van der Waals surface area contributed by atoms with Crippen LogP contribution in [0.5, 0.6) is 0 Å². The number of imidazole rings is 1. The van der Waals surface area contributed by atoms with Crippen molar-refractivity contribution in [1.29, 1.82) is 0 Å². The Morgan fingerprint density at radius 3 is 2.82 bits per heavy atom. The Morgan fingerprint density at radius 1 is 1.39 bits per heavy atom. The lowest BCUT2D eigenvalue weighted by atomic mass is 10.0. The molecule has 0 saturated carbocycles. The molecular weight excluding hydrogens is 450 g/mol. The number of likely N-dealkylation sites (N-methyl/N-ethyl adjacent to an activating group) is 1. The summed E-state index contributed by atoms with van der Waals surface area (Å²) in [4.78, 5) is 18.5. The highest BCUT2D eigenvalue weighted by Gasteiger charge is 2.32. The molecule has 13 heteroatoms. The standard InChI is InChI=1S/C20H33N7O5S/c1-15-9-26(16(2)12-28)20(29)6-5-7-27-17(8-22-23-27)13-32-18(15)10-25(4)33(30,31)19-11-24(3)14-21-19/h8,11,14-16,18,28H,5-7,9-10,12-13H2,1-4H3/t15-,16+,18-/m1/s1. The smallest absolute Gasteiger partial charge is 0.261 e. The van der Waals surface area contributed by atoms with E-state index in [1.807, 2.05) is 6.92 Å². The Bertz CT molecular complexity index is 1040. The van der Waals surface area contributed by atoms with Crippen molar-refractivity contribution in [3.05, 3.63) is 24.4 Å². The summed E-state index contributed by atoms with van der Waals surface area (Å²) < 4.78 is 36.7. The van der Waals surface area contributed by atoms with Crippen molar-refractivity contribution in [3.63, 3.8) is 0 Å². The normalized spacial score (nSPS) is 22.0. The number of nitrogens with zero attached hydrogens (tertiary/aromatic N) is 7. The highest BCUT2D eigenvalue weighted by molar-refractivity contribution is 7.89. The van der Waals surface area contributed by atoms with Gasteiger partial charge in [-0.3, -0.25) is 4.79 Å². The van der Waals surface area contributed by atoms with Gasteiger partial charge in [-0.1, -0.05) is 12.1 Å². The Labute approximate surface area is 194 Å². The van der Waals surface area contributed by atoms with E-state index in [-0.39, 0.29) is 42.7 Å². The molecule has 2 aromatic heterocycles. The van der Waals surface area contributed by atoms with Crippen molar-refractivity contribution < 1.29 is 23.1 Å². The molecule has 33 heavy (non-hydrogen) atoms. The third-order valence-electron chi connectivity index (χ3n) is 5.93. The molecule has 2 aromatic rings. The third-order valence-corrected chi connectivity index (χ3v) is 7.64. The maximum Gasteiger partial charge on any atom is 0.261 e. The zero-order valence-corrected chi connectivity index (χ0v) is 20.3. The summed E-state index contributed by atoms with van der Waals surface area (Å²) in [6.45, 7) is 4.67. The summed E-state index contributed by atoms with van der Waals surface area (Å²) in [5.41, 5.74) is 0.760. The second-order valence-electron chi connectivity index (χ2n) is 8.62. The first-order chi connectivity index (χ1) is 15.6. The molecule has 1 aliphatic heterocycles. The predicted octanol–water partition coefficient (Wildman–Crippen LogP) is -0.143. The fourth-order valence-corrected chi connectivity index (χ4v) is 4.92. The first-order valence-electron chi connectivity index (χ1n) is 11.0. The molecule has 0 aliphatic carbocycles. The van der Waals surface area contributed by atoms with E-state index < -0.39 is 16.1 Å². The molecule has 0 saturated heterocycles. The van der Waals surface area contributed by atoms with Crippen LogP contribution in [0.25, 0.3) is 0 Å². The lowest BCUT2D eigenvalue weighted by molar-refractivity contribution is -0.136. The van der Waals surface area contributed by atoms with Gasteiger partial charge < -0.3 is 19.3 Å². The quantitative estimate of drug-likeness (QED) is 0.600. The number of sulfonamides is 1. The van der Waals surface area contributed by atoms with Gasteiger partial charge in [-0.15, -0.1) is 5.10 Å². The van der Waals surface area contributed by atoms with E-state index in [9.17, 15) is 18.3 Å². The van der Waals surface area contributed by atoms with Crippen LogP contribution in [-0.4, -0.2) is 92.1 Å². The van der Waals surface area contributed by atoms with Crippen molar-refractivity contribution in [2.45, 2.75) is 57.0 Å². The van der Waals surface area contributed by atoms with E-state index in [0.29, 0.717) is 25.9 Å². The Balaban J connectivity index is 1.86. The predicted molar refractivity (Wildman–Crippen MR) is 118 cm³/mol. The zero-order chi connectivity index (χ0) is 24.2. The summed E-state index contributed by atoms with van der Waals surface area (Å²) >= 11 is 0. The maximum absolute atomic E-state index is 13.0. The van der Waals surface area contributed by atoms with Gasteiger partial charge in [0.2, 0.25) is 5.91 Å². The van der Waals surface area contributed by atoms with Crippen molar-refractivity contribution in [2.24, 2.45) is 13.0 Å². The van der Waals surface area contributed by atoms with E-state index in [0.717, 1.165) is 5.69 Å². The number of amides is 1. The van der Waals surface area contributed by atoms with E-state index in [4.69, 9.17) is 4.74 Å². The molecule has 3 atom stereocenters. The number of carbonyl (C=O) groups is 1. The molecule has 184 valence electrons. The van der Waals surface area contributed by atoms with Crippen molar-refractivity contribution in [2.75, 3.05) is 26.7 Å². The van der Waals surface area contributed by atoms with Crippen LogP contribution in [0.2, 0.25) is 0 Å². The second kappa shape index (κ2) is 10.7. The van der Waals surface area contributed by atoms with E-state index in [1.54, 1.807) is 34.3 Å². The monoisotopic (exact) mass is 483 g/mol. The summed E-state index contributed by atoms with van der Waals surface area (Å²) in [7, 11) is -0.624. The van der Waals surface area contributed by atoms with Gasteiger partial charge in [0.1, 0.15) is 0 Å². The van der Waals surface area contributed by atoms with Gasteiger partial charge in [0, 0.05) is 52.3 Å². The largest absolute Gasteiger partial charge is 0.394 e. The SMILES string of the molecule is C[C@@H]1CN([C@@H](C)CO)C(=O)CCCn2nncc2CO[C@@H]1CN(C)S(=O)(=O)c1cn(C)cn1. The number of fused-ring (bicyclic) bond motifs is 1. The summed E-state index contributed by atoms with van der Waals surface area (Å²) in [6, 6.07) is -0.361. The van der Waals surface area contributed by atoms with Crippen LogP contribution in [0.3, 0.4) is 0 Å². The third kappa shape index (κ3) is 5.96. The number of aromatic nitrogens is 5. The molecule has 1 aliphatic rings. The molecule has 1 amide bonds. The lowest BCUT2D eigenvalue weighted by Crippen LogP contribution is -2.47. The number of carbonyl (C=O) groups excluding carboxylic acids is 1. The van der Waals surface area contributed by atoms with Gasteiger partial charge in [0.15, 0.2) is 5.03 Å². The zero-order valence-electron chi connectivity index (χ0n) is 19.5. The number of ether oxygens (including phenoxy) is 1. The van der Waals surface area contributed by atoms with Gasteiger partial charge in [0.25, 0.3) is 10.0 Å². The minimum absolute atomic E-state index is 0.0405. The molecule has 3 heterocycles. The summed E-state index contributed by atoms with van der Waals surface area (Å²) in [5.74, 6) is -0.285. The minimum atomic E-state index is -3.82. The molecule has 3 rings (SSSR count). The number of rotatable bonds is 6. The van der Waals surface area contributed by atoms with Crippen LogP contribution in [0.15, 0.2) is 23.7 Å². The van der Waals surface area contributed by atoms with Gasteiger partial charge in [-0.05, 0) is 13.3 Å². The molecule has 0 fully saturated rings. The van der Waals surface area contributed by atoms with Gasteiger partial charge >= 0.3 is 0 Å². The summed E-state index contributed by atoms with van der Waals surface area (Å²) in [5, 5.41) is 17.7. The number of aliphatic hydroxyl groups excluding tert-OH is 1. The lowest BCUT2D eigenvalue weighted by Gasteiger charge is -2.35. The number of aryl methyl sites for hydroxylation is 2. The fraction of sp³-hybridized carbons (Fsp3) is 0.700. The van der Waals surface area contributed by atoms with Gasteiger partial charge in [-0.2, -0.15) is 4.31 Å². The van der Waals surface area contributed by atoms with Crippen LogP contribution in [-0.2, 0) is 39.8 Å². The Morgan fingerprint density at radius 2 is 2.15 bits per heavy atom. The van der Waals surface area contributed by atoms with Gasteiger partial charge in [-0.25, -0.2) is 18.1 Å². The highest BCUT2D eigenvalue weighted by Crippen LogP contribution is 2.20. The number of hydrogen-bond donors (Lipinski definition) is 1. The summed E-state index contributed by atoms with van der Waals surface area (Å²) in [6.07, 6.45) is 4.87. The van der Waals surface area contributed by atoms with Crippen LogP contribution in [0, 0.1) is 5.92 Å². The first kappa shape index (κ1) is 25.3. The van der Waals surface area contributed by atoms with Crippen LogP contribution in [0.1, 0.15) is 32.4 Å². The van der Waals surface area contributed by atoms with Crippen molar-refractivity contribution in [1.82, 2.24) is 33.8 Å². The average Bonchev–Trinajstić information content (AvgIpc) is 3.42. The number of hydrogen-bond acceptors (Lipinski definition) is 8. The van der Waals surface area contributed by atoms with E-state index in [2.05, 4.69) is 15.3 Å². The molecule has 0 bridgehead atoms. The van der Waals surface area contributed by atoms with Crippen molar-refractivity contribution >= 4 is 15.9 Å². The average molecular weight is 484 g/mol. The fourth-order valence-electron chi connectivity index (χ4n) is 3.78. The van der Waals surface area contributed by atoms with E-state index >= 15 is 0 Å². The number of aliphatic hydroxyl groups is 1. The Kier molecular flexibility index (Phi) is 8.21. The Hall–Kier alpha value is -2.35. The maximum atomic E-state index is 13.0.